The highest BCUT2D eigenvalue weighted by Crippen LogP contribution is 2.30. The number of aromatic nitrogens is 1. The number of rotatable bonds is 2. The first-order chi connectivity index (χ1) is 7.68. The van der Waals surface area contributed by atoms with Gasteiger partial charge in [0.2, 0.25) is 5.82 Å². The van der Waals surface area contributed by atoms with Gasteiger partial charge < -0.3 is 4.74 Å². The van der Waals surface area contributed by atoms with Crippen LogP contribution in [-0.4, -0.2) is 4.98 Å². The molecule has 0 radical (unpaired) electrons. The van der Waals surface area contributed by atoms with Gasteiger partial charge in [-0.3, -0.25) is 4.98 Å². The standard InChI is InChI=1S/C11H6BrF2NO/c12-7-6-15-5-4-9(7)16-10-3-1-2-8(13)11(10)14/h1-6H. The monoisotopic (exact) mass is 285 g/mol. The lowest BCUT2D eigenvalue weighted by atomic mass is 10.3. The van der Waals surface area contributed by atoms with Crippen LogP contribution in [0, 0.1) is 11.6 Å². The van der Waals surface area contributed by atoms with E-state index < -0.39 is 11.6 Å². The number of ether oxygens (including phenoxy) is 1. The maximum atomic E-state index is 13.3. The van der Waals surface area contributed by atoms with Crippen LogP contribution >= 0.6 is 15.9 Å². The predicted molar refractivity (Wildman–Crippen MR) is 58.4 cm³/mol. The molecule has 0 saturated heterocycles. The minimum absolute atomic E-state index is 0.160. The number of benzene rings is 1. The minimum Gasteiger partial charge on any atom is -0.453 e. The lowest BCUT2D eigenvalue weighted by Gasteiger charge is -2.07. The Labute approximate surface area is 99.0 Å². The molecule has 2 rings (SSSR count). The molecule has 0 N–H and O–H groups in total. The molecule has 16 heavy (non-hydrogen) atoms. The first kappa shape index (κ1) is 11.0. The summed E-state index contributed by atoms with van der Waals surface area (Å²) in [6.07, 6.45) is 3.00. The van der Waals surface area contributed by atoms with Crippen molar-refractivity contribution in [2.75, 3.05) is 0 Å². The first-order valence-corrected chi connectivity index (χ1v) is 5.19. The maximum absolute atomic E-state index is 13.3. The smallest absolute Gasteiger partial charge is 0.201 e. The molecule has 1 aromatic heterocycles. The summed E-state index contributed by atoms with van der Waals surface area (Å²) in [5.41, 5.74) is 0. The van der Waals surface area contributed by atoms with Gasteiger partial charge in [-0.25, -0.2) is 4.39 Å². The Kier molecular flexibility index (Phi) is 3.14. The van der Waals surface area contributed by atoms with Crippen molar-refractivity contribution in [3.8, 4) is 11.5 Å². The van der Waals surface area contributed by atoms with Crippen molar-refractivity contribution >= 4 is 15.9 Å². The summed E-state index contributed by atoms with van der Waals surface area (Å²) in [6, 6.07) is 5.31. The third-order valence-corrected chi connectivity index (χ3v) is 2.47. The average Bonchev–Trinajstić information content (AvgIpc) is 2.28. The lowest BCUT2D eigenvalue weighted by Crippen LogP contribution is -1.92. The SMILES string of the molecule is Fc1cccc(Oc2ccncc2Br)c1F. The molecule has 0 aliphatic heterocycles. The van der Waals surface area contributed by atoms with E-state index in [-0.39, 0.29) is 5.75 Å². The summed E-state index contributed by atoms with van der Waals surface area (Å²) in [4.78, 5) is 3.83. The van der Waals surface area contributed by atoms with Crippen LogP contribution in [0.25, 0.3) is 0 Å². The molecule has 0 atom stereocenters. The van der Waals surface area contributed by atoms with E-state index in [9.17, 15) is 8.78 Å². The molecule has 0 aliphatic carbocycles. The Hall–Kier alpha value is -1.49. The van der Waals surface area contributed by atoms with E-state index in [4.69, 9.17) is 4.74 Å². The second-order valence-electron chi connectivity index (χ2n) is 2.96. The van der Waals surface area contributed by atoms with Crippen molar-refractivity contribution in [1.29, 1.82) is 0 Å². The van der Waals surface area contributed by atoms with Crippen molar-refractivity contribution in [3.05, 3.63) is 52.8 Å². The molecule has 0 saturated carbocycles. The van der Waals surface area contributed by atoms with Crippen LogP contribution in [0.5, 0.6) is 11.5 Å². The molecule has 82 valence electrons. The van der Waals surface area contributed by atoms with Gasteiger partial charge in [0.25, 0.3) is 0 Å². The highest BCUT2D eigenvalue weighted by atomic mass is 79.9. The van der Waals surface area contributed by atoms with E-state index >= 15 is 0 Å². The highest BCUT2D eigenvalue weighted by molar-refractivity contribution is 9.10. The van der Waals surface area contributed by atoms with Crippen molar-refractivity contribution in [2.45, 2.75) is 0 Å². The zero-order chi connectivity index (χ0) is 11.5. The molecule has 0 fully saturated rings. The van der Waals surface area contributed by atoms with Crippen LogP contribution in [0.4, 0.5) is 8.78 Å². The first-order valence-electron chi connectivity index (χ1n) is 4.40. The van der Waals surface area contributed by atoms with Crippen molar-refractivity contribution in [1.82, 2.24) is 4.98 Å². The molecule has 0 amide bonds. The number of nitrogens with zero attached hydrogens (tertiary/aromatic N) is 1. The van der Waals surface area contributed by atoms with Crippen molar-refractivity contribution in [3.63, 3.8) is 0 Å². The summed E-state index contributed by atoms with van der Waals surface area (Å²) in [7, 11) is 0. The van der Waals surface area contributed by atoms with Gasteiger partial charge in [-0.1, -0.05) is 6.07 Å². The van der Waals surface area contributed by atoms with E-state index in [0.717, 1.165) is 6.07 Å². The molecule has 2 aromatic rings. The zero-order valence-corrected chi connectivity index (χ0v) is 9.54. The molecular weight excluding hydrogens is 280 g/mol. The average molecular weight is 286 g/mol. The molecule has 5 heteroatoms. The van der Waals surface area contributed by atoms with E-state index in [1.165, 1.54) is 24.5 Å². The van der Waals surface area contributed by atoms with E-state index in [0.29, 0.717) is 10.2 Å². The predicted octanol–water partition coefficient (Wildman–Crippen LogP) is 3.91. The largest absolute Gasteiger partial charge is 0.453 e. The Morgan fingerprint density at radius 2 is 1.94 bits per heavy atom. The summed E-state index contributed by atoms with van der Waals surface area (Å²) in [5, 5.41) is 0. The minimum atomic E-state index is -1.01. The number of pyridine rings is 1. The van der Waals surface area contributed by atoms with E-state index in [1.807, 2.05) is 0 Å². The zero-order valence-electron chi connectivity index (χ0n) is 7.95. The Balaban J connectivity index is 2.35. The molecule has 2 nitrogen and oxygen atoms in total. The van der Waals surface area contributed by atoms with E-state index in [2.05, 4.69) is 20.9 Å². The fraction of sp³-hybridized carbons (Fsp3) is 0. The van der Waals surface area contributed by atoms with Crippen molar-refractivity contribution in [2.24, 2.45) is 0 Å². The van der Waals surface area contributed by atoms with Gasteiger partial charge in [0, 0.05) is 18.5 Å². The topological polar surface area (TPSA) is 22.1 Å². The van der Waals surface area contributed by atoms with Gasteiger partial charge in [-0.05, 0) is 28.1 Å². The quantitative estimate of drug-likeness (QED) is 0.835. The molecule has 0 bridgehead atoms. The van der Waals surface area contributed by atoms with Gasteiger partial charge >= 0.3 is 0 Å². The highest BCUT2D eigenvalue weighted by Gasteiger charge is 2.10. The summed E-state index contributed by atoms with van der Waals surface area (Å²) >= 11 is 3.19. The van der Waals surface area contributed by atoms with Crippen LogP contribution in [-0.2, 0) is 0 Å². The van der Waals surface area contributed by atoms with Gasteiger partial charge in [0.05, 0.1) is 4.47 Å². The Morgan fingerprint density at radius 1 is 1.12 bits per heavy atom. The maximum Gasteiger partial charge on any atom is 0.201 e. The normalized spacial score (nSPS) is 10.2. The molecule has 0 spiro atoms. The second-order valence-corrected chi connectivity index (χ2v) is 3.81. The van der Waals surface area contributed by atoms with Crippen LogP contribution in [0.1, 0.15) is 0 Å². The van der Waals surface area contributed by atoms with Crippen LogP contribution in [0.3, 0.4) is 0 Å². The van der Waals surface area contributed by atoms with Crippen LogP contribution in [0.2, 0.25) is 0 Å². The fourth-order valence-electron chi connectivity index (χ4n) is 1.13. The molecule has 1 aromatic carbocycles. The fourth-order valence-corrected chi connectivity index (χ4v) is 1.46. The van der Waals surface area contributed by atoms with Gasteiger partial charge in [0.1, 0.15) is 5.75 Å². The van der Waals surface area contributed by atoms with E-state index in [1.54, 1.807) is 6.07 Å². The molecule has 1 heterocycles. The van der Waals surface area contributed by atoms with Gasteiger partial charge in [-0.15, -0.1) is 0 Å². The van der Waals surface area contributed by atoms with Gasteiger partial charge in [-0.2, -0.15) is 4.39 Å². The van der Waals surface area contributed by atoms with Crippen LogP contribution in [0.15, 0.2) is 41.1 Å². The van der Waals surface area contributed by atoms with Crippen LogP contribution < -0.4 is 4.74 Å². The Morgan fingerprint density at radius 3 is 2.69 bits per heavy atom. The second kappa shape index (κ2) is 4.57. The molecular formula is C11H6BrF2NO. The number of halogens is 3. The van der Waals surface area contributed by atoms with Gasteiger partial charge in [0.15, 0.2) is 11.6 Å². The van der Waals surface area contributed by atoms with Crippen molar-refractivity contribution < 1.29 is 13.5 Å². The summed E-state index contributed by atoms with van der Waals surface area (Å²) in [5.74, 6) is -1.74. The Bertz CT molecular complexity index is 519. The lowest BCUT2D eigenvalue weighted by molar-refractivity contribution is 0.414. The molecule has 0 aliphatic rings. The third kappa shape index (κ3) is 2.19. The summed E-state index contributed by atoms with van der Waals surface area (Å²) < 4.78 is 32.0. The third-order valence-electron chi connectivity index (χ3n) is 1.87. The molecule has 0 unspecified atom stereocenters. The number of hydrogen-bond donors (Lipinski definition) is 0. The number of hydrogen-bond acceptors (Lipinski definition) is 2. The summed E-state index contributed by atoms with van der Waals surface area (Å²) in [6.45, 7) is 0.